The second kappa shape index (κ2) is 4.70. The zero-order chi connectivity index (χ0) is 13.5. The Labute approximate surface area is 112 Å². The molecule has 1 saturated carbocycles. The Morgan fingerprint density at radius 2 is 1.61 bits per heavy atom. The molecular weight excluding hydrogens is 218 g/mol. The smallest absolute Gasteiger partial charge is 0.0328 e. The molecule has 0 bridgehead atoms. The van der Waals surface area contributed by atoms with Crippen LogP contribution in [0.4, 0.5) is 0 Å². The van der Waals surface area contributed by atoms with E-state index in [1.54, 1.807) is 0 Å². The van der Waals surface area contributed by atoms with E-state index >= 15 is 0 Å². The van der Waals surface area contributed by atoms with Crippen molar-refractivity contribution in [1.29, 1.82) is 0 Å². The normalized spacial score (nSPS) is 18.6. The maximum absolute atomic E-state index is 6.46. The average molecular weight is 245 g/mol. The summed E-state index contributed by atoms with van der Waals surface area (Å²) in [5.74, 6) is 0.711. The molecule has 1 nitrogen and oxygen atoms in total. The lowest BCUT2D eigenvalue weighted by Gasteiger charge is -2.34. The lowest BCUT2D eigenvalue weighted by Crippen LogP contribution is -2.28. The Balaban J connectivity index is 2.37. The van der Waals surface area contributed by atoms with Crippen LogP contribution in [0.3, 0.4) is 0 Å². The summed E-state index contributed by atoms with van der Waals surface area (Å²) in [7, 11) is 0. The molecule has 0 saturated heterocycles. The predicted molar refractivity (Wildman–Crippen MR) is 78.9 cm³/mol. The zero-order valence-electron chi connectivity index (χ0n) is 12.5. The van der Waals surface area contributed by atoms with Crippen LogP contribution in [0.2, 0.25) is 0 Å². The van der Waals surface area contributed by atoms with Gasteiger partial charge in [-0.1, -0.05) is 39.3 Å². The molecule has 1 aromatic rings. The van der Waals surface area contributed by atoms with Crippen LogP contribution in [0.5, 0.6) is 0 Å². The summed E-state index contributed by atoms with van der Waals surface area (Å²) < 4.78 is 0. The van der Waals surface area contributed by atoms with Crippen LogP contribution < -0.4 is 5.73 Å². The molecular formula is C17H27N. The van der Waals surface area contributed by atoms with Gasteiger partial charge in [-0.25, -0.2) is 0 Å². The number of hydrogen-bond acceptors (Lipinski definition) is 1. The number of hydrogen-bond donors (Lipinski definition) is 1. The third-order valence-corrected chi connectivity index (χ3v) is 4.45. The van der Waals surface area contributed by atoms with Crippen LogP contribution in [0.15, 0.2) is 12.1 Å². The van der Waals surface area contributed by atoms with Gasteiger partial charge in [0.15, 0.2) is 0 Å². The Bertz CT molecular complexity index is 412. The molecule has 1 atom stereocenters. The first-order valence-corrected chi connectivity index (χ1v) is 7.18. The van der Waals surface area contributed by atoms with Gasteiger partial charge < -0.3 is 5.73 Å². The molecule has 1 heteroatoms. The van der Waals surface area contributed by atoms with Crippen molar-refractivity contribution in [3.8, 4) is 0 Å². The fourth-order valence-electron chi connectivity index (χ4n) is 2.97. The van der Waals surface area contributed by atoms with Crippen molar-refractivity contribution < 1.29 is 0 Å². The minimum absolute atomic E-state index is 0.217. The predicted octanol–water partition coefficient (Wildman–Crippen LogP) is 4.40. The quantitative estimate of drug-likeness (QED) is 0.821. The lowest BCUT2D eigenvalue weighted by atomic mass is 9.74. The molecule has 2 N–H and O–H groups in total. The number of benzene rings is 1. The standard InChI is InChI=1S/C17H27N/c1-11-9-14(17(3,4)5)10-12(2)15(11)16(18)13-7-6-8-13/h9-10,13,16H,6-8,18H2,1-5H3. The molecule has 0 aliphatic heterocycles. The molecule has 2 rings (SSSR count). The van der Waals surface area contributed by atoms with Gasteiger partial charge in [0.05, 0.1) is 0 Å². The second-order valence-electron chi connectivity index (χ2n) is 6.99. The van der Waals surface area contributed by atoms with E-state index in [1.165, 1.54) is 41.5 Å². The first-order chi connectivity index (χ1) is 8.30. The average Bonchev–Trinajstić information content (AvgIpc) is 2.11. The third kappa shape index (κ3) is 2.47. The highest BCUT2D eigenvalue weighted by Crippen LogP contribution is 2.39. The Hall–Kier alpha value is -0.820. The van der Waals surface area contributed by atoms with E-state index in [1.807, 2.05) is 0 Å². The summed E-state index contributed by atoms with van der Waals surface area (Å²) in [5, 5.41) is 0. The van der Waals surface area contributed by atoms with E-state index in [4.69, 9.17) is 5.73 Å². The zero-order valence-corrected chi connectivity index (χ0v) is 12.5. The summed E-state index contributed by atoms with van der Waals surface area (Å²) >= 11 is 0. The molecule has 0 amide bonds. The van der Waals surface area contributed by atoms with Gasteiger partial charge in [-0.2, -0.15) is 0 Å². The summed E-state index contributed by atoms with van der Waals surface area (Å²) in [5.41, 5.74) is 12.2. The fourth-order valence-corrected chi connectivity index (χ4v) is 2.97. The molecule has 18 heavy (non-hydrogen) atoms. The summed E-state index contributed by atoms with van der Waals surface area (Å²) in [6, 6.07) is 4.91. The van der Waals surface area contributed by atoms with Crippen LogP contribution in [-0.4, -0.2) is 0 Å². The van der Waals surface area contributed by atoms with Gasteiger partial charge in [-0.05, 0) is 60.3 Å². The first kappa shape index (κ1) is 13.6. The minimum atomic E-state index is 0.217. The lowest BCUT2D eigenvalue weighted by molar-refractivity contribution is 0.263. The molecule has 0 spiro atoms. The van der Waals surface area contributed by atoms with E-state index < -0.39 is 0 Å². The van der Waals surface area contributed by atoms with Crippen molar-refractivity contribution >= 4 is 0 Å². The molecule has 0 heterocycles. The maximum atomic E-state index is 6.46. The van der Waals surface area contributed by atoms with Gasteiger partial charge in [-0.3, -0.25) is 0 Å². The monoisotopic (exact) mass is 245 g/mol. The maximum Gasteiger partial charge on any atom is 0.0328 e. The Kier molecular flexibility index (Phi) is 3.55. The highest BCUT2D eigenvalue weighted by atomic mass is 14.7. The van der Waals surface area contributed by atoms with Crippen molar-refractivity contribution in [1.82, 2.24) is 0 Å². The van der Waals surface area contributed by atoms with Crippen molar-refractivity contribution in [2.24, 2.45) is 11.7 Å². The number of aryl methyl sites for hydroxylation is 2. The summed E-state index contributed by atoms with van der Waals surface area (Å²) in [6.07, 6.45) is 3.97. The van der Waals surface area contributed by atoms with Gasteiger partial charge >= 0.3 is 0 Å². The molecule has 1 aromatic carbocycles. The van der Waals surface area contributed by atoms with Crippen molar-refractivity contribution in [3.63, 3.8) is 0 Å². The van der Waals surface area contributed by atoms with Gasteiger partial charge in [0.1, 0.15) is 0 Å². The van der Waals surface area contributed by atoms with E-state index in [0.717, 1.165) is 0 Å². The molecule has 0 aromatic heterocycles. The number of nitrogens with two attached hydrogens (primary N) is 1. The van der Waals surface area contributed by atoms with Crippen LogP contribution in [0, 0.1) is 19.8 Å². The van der Waals surface area contributed by atoms with Crippen LogP contribution >= 0.6 is 0 Å². The van der Waals surface area contributed by atoms with E-state index in [0.29, 0.717) is 5.92 Å². The molecule has 1 aliphatic rings. The van der Waals surface area contributed by atoms with Gasteiger partial charge in [0.2, 0.25) is 0 Å². The SMILES string of the molecule is Cc1cc(C(C)(C)C)cc(C)c1C(N)C1CCC1. The Morgan fingerprint density at radius 3 is 1.94 bits per heavy atom. The van der Waals surface area contributed by atoms with Gasteiger partial charge in [0.25, 0.3) is 0 Å². The molecule has 0 radical (unpaired) electrons. The topological polar surface area (TPSA) is 26.0 Å². The van der Waals surface area contributed by atoms with Gasteiger partial charge in [0, 0.05) is 6.04 Å². The van der Waals surface area contributed by atoms with Crippen LogP contribution in [0.25, 0.3) is 0 Å². The van der Waals surface area contributed by atoms with E-state index in [-0.39, 0.29) is 11.5 Å². The Morgan fingerprint density at radius 1 is 1.11 bits per heavy atom. The van der Waals surface area contributed by atoms with Crippen LogP contribution in [0.1, 0.15) is 68.3 Å². The third-order valence-electron chi connectivity index (χ3n) is 4.45. The van der Waals surface area contributed by atoms with Crippen molar-refractivity contribution in [3.05, 3.63) is 34.4 Å². The van der Waals surface area contributed by atoms with Crippen molar-refractivity contribution in [2.45, 2.75) is 65.3 Å². The first-order valence-electron chi connectivity index (χ1n) is 7.18. The molecule has 100 valence electrons. The molecule has 1 fully saturated rings. The van der Waals surface area contributed by atoms with E-state index in [2.05, 4.69) is 46.8 Å². The molecule has 1 aliphatic carbocycles. The summed E-state index contributed by atoms with van der Waals surface area (Å²) in [6.45, 7) is 11.2. The minimum Gasteiger partial charge on any atom is -0.324 e. The summed E-state index contributed by atoms with van der Waals surface area (Å²) in [4.78, 5) is 0. The van der Waals surface area contributed by atoms with Crippen LogP contribution in [-0.2, 0) is 5.41 Å². The molecule has 1 unspecified atom stereocenters. The van der Waals surface area contributed by atoms with Gasteiger partial charge in [-0.15, -0.1) is 0 Å². The second-order valence-corrected chi connectivity index (χ2v) is 6.99. The number of rotatable bonds is 2. The van der Waals surface area contributed by atoms with Crippen molar-refractivity contribution in [2.75, 3.05) is 0 Å². The highest BCUT2D eigenvalue weighted by Gasteiger charge is 2.28. The van der Waals surface area contributed by atoms with E-state index in [9.17, 15) is 0 Å². The highest BCUT2D eigenvalue weighted by molar-refractivity contribution is 5.42. The fraction of sp³-hybridized carbons (Fsp3) is 0.647. The largest absolute Gasteiger partial charge is 0.324 e.